The Bertz CT molecular complexity index is 1310. The third-order valence-electron chi connectivity index (χ3n) is 6.60. The van der Waals surface area contributed by atoms with Gasteiger partial charge in [0.25, 0.3) is 5.91 Å². The van der Waals surface area contributed by atoms with Crippen LogP contribution in [0.4, 0.5) is 0 Å². The van der Waals surface area contributed by atoms with Crippen molar-refractivity contribution in [1.82, 2.24) is 24.7 Å². The summed E-state index contributed by atoms with van der Waals surface area (Å²) in [6, 6.07) is 13.5. The van der Waals surface area contributed by atoms with Gasteiger partial charge in [0, 0.05) is 42.9 Å². The number of carbonyl (C=O) groups is 2. The molecule has 2 heterocycles. The third kappa shape index (κ3) is 6.57. The first-order valence-electron chi connectivity index (χ1n) is 12.4. The van der Waals surface area contributed by atoms with E-state index in [1.807, 2.05) is 70.0 Å². The molecule has 1 aromatic heterocycles. The predicted octanol–water partition coefficient (Wildman–Crippen LogP) is 2.94. The molecule has 1 fully saturated rings. The molecule has 0 aliphatic carbocycles. The number of benzene rings is 2. The Morgan fingerprint density at radius 3 is 2.78 bits per heavy atom. The largest absolute Gasteiger partial charge is 0.496 e. The van der Waals surface area contributed by atoms with Gasteiger partial charge in [-0.05, 0) is 44.2 Å². The third-order valence-corrected chi connectivity index (χ3v) is 6.60. The van der Waals surface area contributed by atoms with Crippen molar-refractivity contribution in [3.8, 4) is 18.1 Å². The summed E-state index contributed by atoms with van der Waals surface area (Å²) in [4.78, 5) is 33.7. The monoisotopic (exact) mass is 499 g/mol. The summed E-state index contributed by atoms with van der Waals surface area (Å²) >= 11 is 0. The first kappa shape index (κ1) is 26.0. The average molecular weight is 500 g/mol. The van der Waals surface area contributed by atoms with Gasteiger partial charge in [0.05, 0.1) is 37.6 Å². The van der Waals surface area contributed by atoms with E-state index in [1.54, 1.807) is 19.5 Å². The number of aromatic nitrogens is 2. The highest BCUT2D eigenvalue weighted by Gasteiger charge is 2.23. The zero-order valence-electron chi connectivity index (χ0n) is 21.4. The molecule has 1 aliphatic rings. The van der Waals surface area contributed by atoms with E-state index in [0.29, 0.717) is 38.3 Å². The Kier molecular flexibility index (Phi) is 8.60. The molecule has 0 saturated carbocycles. The number of rotatable bonds is 9. The SMILES string of the molecule is C#CCN(C)C/C=C/C(=O)N1CCC(NC(=O)c2ccc3c(c2)ncn3Cc2ccccc2OC)CC1. The van der Waals surface area contributed by atoms with Gasteiger partial charge >= 0.3 is 0 Å². The van der Waals surface area contributed by atoms with Gasteiger partial charge in [0.15, 0.2) is 0 Å². The molecule has 8 nitrogen and oxygen atoms in total. The van der Waals surface area contributed by atoms with Crippen molar-refractivity contribution in [2.24, 2.45) is 0 Å². The van der Waals surface area contributed by atoms with E-state index in [9.17, 15) is 9.59 Å². The van der Waals surface area contributed by atoms with E-state index in [0.717, 1.165) is 35.2 Å². The summed E-state index contributed by atoms with van der Waals surface area (Å²) < 4.78 is 7.51. The summed E-state index contributed by atoms with van der Waals surface area (Å²) in [6.45, 7) is 3.02. The van der Waals surface area contributed by atoms with Gasteiger partial charge in [-0.15, -0.1) is 6.42 Å². The number of nitrogens with zero attached hydrogens (tertiary/aromatic N) is 4. The highest BCUT2D eigenvalue weighted by Crippen LogP contribution is 2.22. The van der Waals surface area contributed by atoms with Crippen molar-refractivity contribution in [3.63, 3.8) is 0 Å². The van der Waals surface area contributed by atoms with E-state index < -0.39 is 0 Å². The second kappa shape index (κ2) is 12.2. The number of amides is 2. The molecule has 2 aromatic carbocycles. The number of piperidine rings is 1. The van der Waals surface area contributed by atoms with Crippen LogP contribution in [0.2, 0.25) is 0 Å². The van der Waals surface area contributed by atoms with Crippen LogP contribution in [0.15, 0.2) is 60.9 Å². The van der Waals surface area contributed by atoms with E-state index in [2.05, 4.69) is 16.2 Å². The Morgan fingerprint density at radius 2 is 2.03 bits per heavy atom. The lowest BCUT2D eigenvalue weighted by Gasteiger charge is -2.31. The van der Waals surface area contributed by atoms with Crippen LogP contribution < -0.4 is 10.1 Å². The topological polar surface area (TPSA) is 79.7 Å². The number of carbonyl (C=O) groups excluding carboxylic acids is 2. The van der Waals surface area contributed by atoms with E-state index in [1.165, 1.54) is 0 Å². The van der Waals surface area contributed by atoms with Gasteiger partial charge in [-0.25, -0.2) is 4.98 Å². The number of ether oxygens (including phenoxy) is 1. The van der Waals surface area contributed by atoms with Gasteiger partial charge in [-0.1, -0.05) is 30.2 Å². The molecule has 0 bridgehead atoms. The van der Waals surface area contributed by atoms with Crippen molar-refractivity contribution < 1.29 is 14.3 Å². The van der Waals surface area contributed by atoms with Gasteiger partial charge in [-0.3, -0.25) is 14.5 Å². The second-order valence-electron chi connectivity index (χ2n) is 9.26. The maximum atomic E-state index is 12.9. The number of methoxy groups -OCH3 is 1. The summed E-state index contributed by atoms with van der Waals surface area (Å²) in [7, 11) is 3.58. The van der Waals surface area contributed by atoms with Gasteiger partial charge < -0.3 is 19.5 Å². The fraction of sp³-hybridized carbons (Fsp3) is 0.345. The van der Waals surface area contributed by atoms with Crippen molar-refractivity contribution in [2.45, 2.75) is 25.4 Å². The smallest absolute Gasteiger partial charge is 0.251 e. The zero-order chi connectivity index (χ0) is 26.2. The fourth-order valence-corrected chi connectivity index (χ4v) is 4.52. The molecule has 8 heteroatoms. The number of hydrogen-bond acceptors (Lipinski definition) is 5. The van der Waals surface area contributed by atoms with E-state index >= 15 is 0 Å². The summed E-state index contributed by atoms with van der Waals surface area (Å²) in [5.74, 6) is 3.28. The normalized spacial score (nSPS) is 14.3. The standard InChI is InChI=1S/C29H33N5O3/c1-4-15-32(2)16-7-10-28(35)33-17-13-24(14-18-33)31-29(36)22-11-12-26-25(19-22)30-21-34(26)20-23-8-5-6-9-27(23)37-3/h1,5-12,19,21,24H,13-18,20H2,2-3H3,(H,31,36)/b10-7+. The first-order chi connectivity index (χ1) is 18.0. The van der Waals surface area contributed by atoms with Crippen LogP contribution in [-0.4, -0.2) is 77.5 Å². The minimum absolute atomic E-state index is 0.00644. The Morgan fingerprint density at radius 1 is 1.24 bits per heavy atom. The number of nitrogens with one attached hydrogen (secondary N) is 1. The lowest BCUT2D eigenvalue weighted by Crippen LogP contribution is -2.46. The Balaban J connectivity index is 1.31. The van der Waals surface area contributed by atoms with E-state index in [-0.39, 0.29) is 17.9 Å². The molecule has 0 atom stereocenters. The minimum atomic E-state index is -0.123. The number of imidazole rings is 1. The number of hydrogen-bond donors (Lipinski definition) is 1. The van der Waals surface area contributed by atoms with Crippen LogP contribution in [0.25, 0.3) is 11.0 Å². The Hall–Kier alpha value is -4.09. The Labute approximate surface area is 217 Å². The number of fused-ring (bicyclic) bond motifs is 1. The molecule has 3 aromatic rings. The van der Waals surface area contributed by atoms with Gasteiger partial charge in [0.2, 0.25) is 5.91 Å². The number of para-hydroxylation sites is 1. The molecule has 1 N–H and O–H groups in total. The lowest BCUT2D eigenvalue weighted by molar-refractivity contribution is -0.127. The minimum Gasteiger partial charge on any atom is -0.496 e. The number of terminal acetylenes is 1. The molecule has 37 heavy (non-hydrogen) atoms. The fourth-order valence-electron chi connectivity index (χ4n) is 4.52. The van der Waals surface area contributed by atoms with Crippen molar-refractivity contribution in [3.05, 3.63) is 72.1 Å². The molecule has 4 rings (SSSR count). The first-order valence-corrected chi connectivity index (χ1v) is 12.4. The maximum absolute atomic E-state index is 12.9. The molecule has 192 valence electrons. The molecule has 0 unspecified atom stereocenters. The highest BCUT2D eigenvalue weighted by atomic mass is 16.5. The lowest BCUT2D eigenvalue weighted by atomic mass is 10.0. The molecule has 1 saturated heterocycles. The molecular weight excluding hydrogens is 466 g/mol. The number of likely N-dealkylation sites (N-methyl/N-ethyl adjacent to an activating group) is 1. The van der Waals surface area contributed by atoms with Crippen LogP contribution in [0.5, 0.6) is 5.75 Å². The highest BCUT2D eigenvalue weighted by molar-refractivity contribution is 5.97. The second-order valence-corrected chi connectivity index (χ2v) is 9.26. The number of likely N-dealkylation sites (tertiary alicyclic amines) is 1. The quantitative estimate of drug-likeness (QED) is 0.362. The molecule has 1 aliphatic heterocycles. The van der Waals surface area contributed by atoms with Crippen molar-refractivity contribution in [2.75, 3.05) is 40.3 Å². The zero-order valence-corrected chi connectivity index (χ0v) is 21.4. The molecule has 0 radical (unpaired) electrons. The van der Waals surface area contributed by atoms with Crippen LogP contribution in [-0.2, 0) is 11.3 Å². The van der Waals surface area contributed by atoms with Crippen LogP contribution >= 0.6 is 0 Å². The molecular formula is C29H33N5O3. The summed E-state index contributed by atoms with van der Waals surface area (Å²) in [5.41, 5.74) is 3.35. The van der Waals surface area contributed by atoms with Gasteiger partial charge in [-0.2, -0.15) is 0 Å². The van der Waals surface area contributed by atoms with Crippen LogP contribution in [0.1, 0.15) is 28.8 Å². The van der Waals surface area contributed by atoms with Crippen LogP contribution in [0.3, 0.4) is 0 Å². The summed E-state index contributed by atoms with van der Waals surface area (Å²) in [5, 5.41) is 3.12. The molecule has 2 amide bonds. The summed E-state index contributed by atoms with van der Waals surface area (Å²) in [6.07, 6.45) is 12.0. The predicted molar refractivity (Wildman–Crippen MR) is 144 cm³/mol. The maximum Gasteiger partial charge on any atom is 0.251 e. The van der Waals surface area contributed by atoms with E-state index in [4.69, 9.17) is 11.2 Å². The molecule has 0 spiro atoms. The van der Waals surface area contributed by atoms with Crippen molar-refractivity contribution in [1.29, 1.82) is 0 Å². The average Bonchev–Trinajstić information content (AvgIpc) is 3.31. The van der Waals surface area contributed by atoms with Crippen LogP contribution in [0, 0.1) is 12.3 Å². The van der Waals surface area contributed by atoms with Crippen molar-refractivity contribution >= 4 is 22.8 Å². The van der Waals surface area contributed by atoms with Gasteiger partial charge in [0.1, 0.15) is 5.75 Å².